The summed E-state index contributed by atoms with van der Waals surface area (Å²) in [7, 11) is 0. The van der Waals surface area contributed by atoms with E-state index in [2.05, 4.69) is 0 Å². The molecule has 0 aromatic heterocycles. The molecule has 2 nitrogen and oxygen atoms in total. The van der Waals surface area contributed by atoms with Crippen LogP contribution in [0.2, 0.25) is 0 Å². The number of aryl methyl sites for hydroxylation is 2. The third-order valence-electron chi connectivity index (χ3n) is 2.60. The summed E-state index contributed by atoms with van der Waals surface area (Å²) < 4.78 is 0. The molecule has 0 heterocycles. The minimum Gasteiger partial charge on any atom is -0.508 e. The van der Waals surface area contributed by atoms with E-state index < -0.39 is 0 Å². The second-order valence-corrected chi connectivity index (χ2v) is 4.06. The van der Waals surface area contributed by atoms with Crippen LogP contribution in [-0.4, -0.2) is 10.2 Å². The van der Waals surface area contributed by atoms with Gasteiger partial charge in [0.05, 0.1) is 0 Å². The lowest BCUT2D eigenvalue weighted by atomic mass is 10.0. The molecule has 82 valence electrons. The smallest absolute Gasteiger partial charge is 0.119 e. The summed E-state index contributed by atoms with van der Waals surface area (Å²) in [6, 6.07) is 10.9. The normalized spacial score (nSPS) is 10.4. The van der Waals surface area contributed by atoms with E-state index in [0.29, 0.717) is 0 Å². The zero-order valence-electron chi connectivity index (χ0n) is 9.36. The second kappa shape index (κ2) is 3.89. The zero-order valence-corrected chi connectivity index (χ0v) is 9.36. The van der Waals surface area contributed by atoms with Crippen LogP contribution >= 0.6 is 0 Å². The fourth-order valence-corrected chi connectivity index (χ4v) is 1.72. The predicted molar refractivity (Wildman–Crippen MR) is 64.7 cm³/mol. The highest BCUT2D eigenvalue weighted by Gasteiger charge is 2.03. The fraction of sp³-hybridized carbons (Fsp3) is 0.143. The molecule has 2 N–H and O–H groups in total. The van der Waals surface area contributed by atoms with Crippen LogP contribution in [0.25, 0.3) is 11.1 Å². The highest BCUT2D eigenvalue weighted by atomic mass is 16.3. The molecule has 2 rings (SSSR count). The van der Waals surface area contributed by atoms with Crippen molar-refractivity contribution in [2.45, 2.75) is 13.8 Å². The maximum atomic E-state index is 9.64. The van der Waals surface area contributed by atoms with Gasteiger partial charge in [0.1, 0.15) is 11.5 Å². The Hall–Kier alpha value is -1.96. The topological polar surface area (TPSA) is 40.5 Å². The Morgan fingerprint density at radius 1 is 0.812 bits per heavy atom. The number of phenols is 2. The Morgan fingerprint density at radius 2 is 1.56 bits per heavy atom. The van der Waals surface area contributed by atoms with Gasteiger partial charge in [0.15, 0.2) is 0 Å². The summed E-state index contributed by atoms with van der Waals surface area (Å²) in [5.41, 5.74) is 3.66. The van der Waals surface area contributed by atoms with Crippen LogP contribution in [0.3, 0.4) is 0 Å². The van der Waals surface area contributed by atoms with E-state index in [1.165, 1.54) is 0 Å². The molecule has 0 bridgehead atoms. The number of hydrogen-bond acceptors (Lipinski definition) is 2. The number of hydrogen-bond donors (Lipinski definition) is 2. The summed E-state index contributed by atoms with van der Waals surface area (Å²) in [6.45, 7) is 3.78. The Balaban J connectivity index is 2.54. The van der Waals surface area contributed by atoms with Crippen molar-refractivity contribution in [1.82, 2.24) is 0 Å². The van der Waals surface area contributed by atoms with E-state index in [1.54, 1.807) is 18.2 Å². The molecule has 0 saturated carbocycles. The molecule has 0 amide bonds. The van der Waals surface area contributed by atoms with Crippen LogP contribution in [0.1, 0.15) is 11.1 Å². The van der Waals surface area contributed by atoms with Gasteiger partial charge in [-0.1, -0.05) is 18.2 Å². The molecule has 0 atom stereocenters. The zero-order chi connectivity index (χ0) is 11.7. The Bertz CT molecular complexity index is 510. The lowest BCUT2D eigenvalue weighted by molar-refractivity contribution is 0.471. The van der Waals surface area contributed by atoms with Gasteiger partial charge >= 0.3 is 0 Å². The lowest BCUT2D eigenvalue weighted by Gasteiger charge is -2.06. The van der Waals surface area contributed by atoms with Gasteiger partial charge in [0.2, 0.25) is 0 Å². The molecular formula is C14H14O2. The summed E-state index contributed by atoms with van der Waals surface area (Å²) in [5, 5.41) is 19.2. The summed E-state index contributed by atoms with van der Waals surface area (Å²) >= 11 is 0. The second-order valence-electron chi connectivity index (χ2n) is 4.06. The highest BCUT2D eigenvalue weighted by Crippen LogP contribution is 2.29. The Kier molecular flexibility index (Phi) is 2.57. The van der Waals surface area contributed by atoms with E-state index in [0.717, 1.165) is 22.3 Å². The SMILES string of the molecule is Cc1cc(O)cc(-c2ccc(C)c(O)c2)c1. The molecule has 0 unspecified atom stereocenters. The molecule has 0 radical (unpaired) electrons. The first-order valence-corrected chi connectivity index (χ1v) is 5.17. The van der Waals surface area contributed by atoms with Gasteiger partial charge < -0.3 is 10.2 Å². The first-order valence-electron chi connectivity index (χ1n) is 5.17. The van der Waals surface area contributed by atoms with Crippen LogP contribution in [0.4, 0.5) is 0 Å². The van der Waals surface area contributed by atoms with E-state index >= 15 is 0 Å². The average molecular weight is 214 g/mol. The van der Waals surface area contributed by atoms with Gasteiger partial charge in [-0.2, -0.15) is 0 Å². The van der Waals surface area contributed by atoms with Crippen LogP contribution in [0.15, 0.2) is 36.4 Å². The highest BCUT2D eigenvalue weighted by molar-refractivity contribution is 5.68. The summed E-state index contributed by atoms with van der Waals surface area (Å²) in [5.74, 6) is 0.522. The molecular weight excluding hydrogens is 200 g/mol. The van der Waals surface area contributed by atoms with Gasteiger partial charge in [-0.05, 0) is 54.3 Å². The molecule has 2 aromatic rings. The van der Waals surface area contributed by atoms with Crippen LogP contribution < -0.4 is 0 Å². The van der Waals surface area contributed by atoms with E-state index in [1.807, 2.05) is 32.0 Å². The largest absolute Gasteiger partial charge is 0.508 e. The van der Waals surface area contributed by atoms with Gasteiger partial charge in [-0.15, -0.1) is 0 Å². The van der Waals surface area contributed by atoms with E-state index in [-0.39, 0.29) is 11.5 Å². The van der Waals surface area contributed by atoms with Crippen molar-refractivity contribution < 1.29 is 10.2 Å². The monoisotopic (exact) mass is 214 g/mol. The maximum Gasteiger partial charge on any atom is 0.119 e. The molecule has 0 fully saturated rings. The first-order chi connectivity index (χ1) is 7.56. The molecule has 0 spiro atoms. The molecule has 0 aliphatic carbocycles. The molecule has 0 aliphatic heterocycles. The summed E-state index contributed by atoms with van der Waals surface area (Å²) in [6.07, 6.45) is 0. The maximum absolute atomic E-state index is 9.64. The molecule has 16 heavy (non-hydrogen) atoms. The molecule has 2 aromatic carbocycles. The first kappa shape index (κ1) is 10.6. The minimum absolute atomic E-state index is 0.245. The van der Waals surface area contributed by atoms with Gasteiger partial charge in [-0.25, -0.2) is 0 Å². The standard InChI is InChI=1S/C14H14O2/c1-9-5-12(7-13(15)6-9)11-4-3-10(2)14(16)8-11/h3-8,15-16H,1-2H3. The van der Waals surface area contributed by atoms with Gasteiger partial charge in [0.25, 0.3) is 0 Å². The number of benzene rings is 2. The summed E-state index contributed by atoms with van der Waals surface area (Å²) in [4.78, 5) is 0. The van der Waals surface area contributed by atoms with Crippen LogP contribution in [0.5, 0.6) is 11.5 Å². The third kappa shape index (κ3) is 2.01. The molecule has 0 aliphatic rings. The average Bonchev–Trinajstić information content (AvgIpc) is 2.20. The van der Waals surface area contributed by atoms with Crippen molar-refractivity contribution >= 4 is 0 Å². The number of phenolic OH excluding ortho intramolecular Hbond substituents is 2. The number of aromatic hydroxyl groups is 2. The van der Waals surface area contributed by atoms with Crippen molar-refractivity contribution in [3.8, 4) is 22.6 Å². The van der Waals surface area contributed by atoms with Gasteiger partial charge in [0, 0.05) is 0 Å². The van der Waals surface area contributed by atoms with Crippen molar-refractivity contribution in [1.29, 1.82) is 0 Å². The van der Waals surface area contributed by atoms with Crippen LogP contribution in [-0.2, 0) is 0 Å². The van der Waals surface area contributed by atoms with E-state index in [4.69, 9.17) is 0 Å². The lowest BCUT2D eigenvalue weighted by Crippen LogP contribution is -1.82. The predicted octanol–water partition coefficient (Wildman–Crippen LogP) is 3.38. The number of rotatable bonds is 1. The molecule has 2 heteroatoms. The van der Waals surface area contributed by atoms with E-state index in [9.17, 15) is 10.2 Å². The quantitative estimate of drug-likeness (QED) is 0.764. The minimum atomic E-state index is 0.245. The fourth-order valence-electron chi connectivity index (χ4n) is 1.72. The van der Waals surface area contributed by atoms with Crippen molar-refractivity contribution in [2.24, 2.45) is 0 Å². The third-order valence-corrected chi connectivity index (χ3v) is 2.60. The van der Waals surface area contributed by atoms with Crippen molar-refractivity contribution in [3.63, 3.8) is 0 Å². The Labute approximate surface area is 94.8 Å². The molecule has 0 saturated heterocycles. The van der Waals surface area contributed by atoms with Crippen LogP contribution in [0, 0.1) is 13.8 Å². The van der Waals surface area contributed by atoms with Crippen molar-refractivity contribution in [2.75, 3.05) is 0 Å². The Morgan fingerprint density at radius 3 is 2.19 bits per heavy atom. The van der Waals surface area contributed by atoms with Gasteiger partial charge in [-0.3, -0.25) is 0 Å². The van der Waals surface area contributed by atoms with Crippen molar-refractivity contribution in [3.05, 3.63) is 47.5 Å².